The van der Waals surface area contributed by atoms with Crippen LogP contribution in [-0.2, 0) is 4.79 Å². The van der Waals surface area contributed by atoms with Crippen molar-refractivity contribution in [1.82, 2.24) is 5.32 Å². The number of hydrogen-bond donors (Lipinski definition) is 2. The molecule has 0 aliphatic carbocycles. The number of carboxylic acid groups (broad SMARTS) is 1. The lowest BCUT2D eigenvalue weighted by molar-refractivity contribution is -0.137. The van der Waals surface area contributed by atoms with Gasteiger partial charge in [0.15, 0.2) is 0 Å². The number of benzene rings is 1. The van der Waals surface area contributed by atoms with E-state index in [1.165, 1.54) is 18.2 Å². The highest BCUT2D eigenvalue weighted by molar-refractivity contribution is 9.10. The lowest BCUT2D eigenvalue weighted by Crippen LogP contribution is -2.24. The molecule has 1 rings (SSSR count). The first-order valence-corrected chi connectivity index (χ1v) is 7.25. The van der Waals surface area contributed by atoms with E-state index in [2.05, 4.69) is 21.2 Å². The Morgan fingerprint density at radius 1 is 1.20 bits per heavy atom. The number of rotatable bonds is 8. The lowest BCUT2D eigenvalue weighted by Gasteiger charge is -2.07. The van der Waals surface area contributed by atoms with Crippen molar-refractivity contribution in [3.05, 3.63) is 34.1 Å². The third-order valence-electron chi connectivity index (χ3n) is 2.78. The van der Waals surface area contributed by atoms with Gasteiger partial charge in [-0.2, -0.15) is 0 Å². The minimum atomic E-state index is -0.778. The molecule has 1 amide bonds. The number of nitrogens with one attached hydrogen (secondary N) is 1. The number of aliphatic carboxylic acids is 1. The summed E-state index contributed by atoms with van der Waals surface area (Å²) in [5.41, 5.74) is 0.400. The summed E-state index contributed by atoms with van der Waals surface area (Å²) in [6.45, 7) is 0.524. The van der Waals surface area contributed by atoms with Crippen LogP contribution in [0.3, 0.4) is 0 Å². The average Bonchev–Trinajstić information content (AvgIpc) is 2.37. The number of unbranched alkanes of at least 4 members (excludes halogenated alkanes) is 3. The molecule has 110 valence electrons. The Bertz CT molecular complexity index is 479. The van der Waals surface area contributed by atoms with Crippen molar-refractivity contribution in [2.75, 3.05) is 6.54 Å². The number of amides is 1. The number of halogens is 2. The van der Waals surface area contributed by atoms with E-state index in [-0.39, 0.29) is 12.3 Å². The summed E-state index contributed by atoms with van der Waals surface area (Å²) in [4.78, 5) is 22.1. The number of carbonyl (C=O) groups excluding carboxylic acids is 1. The fourth-order valence-corrected chi connectivity index (χ4v) is 2.26. The minimum absolute atomic E-state index is 0.189. The molecule has 0 aliphatic rings. The highest BCUT2D eigenvalue weighted by Gasteiger charge is 2.09. The average molecular weight is 346 g/mol. The zero-order chi connectivity index (χ0) is 15.0. The number of hydrogen-bond acceptors (Lipinski definition) is 2. The van der Waals surface area contributed by atoms with Crippen LogP contribution < -0.4 is 5.32 Å². The highest BCUT2D eigenvalue weighted by Crippen LogP contribution is 2.17. The molecule has 6 heteroatoms. The van der Waals surface area contributed by atoms with Gasteiger partial charge in [-0.1, -0.05) is 12.8 Å². The van der Waals surface area contributed by atoms with E-state index in [0.717, 1.165) is 19.3 Å². The Hall–Kier alpha value is -1.43. The minimum Gasteiger partial charge on any atom is -0.481 e. The van der Waals surface area contributed by atoms with E-state index in [1.54, 1.807) is 0 Å². The lowest BCUT2D eigenvalue weighted by atomic mass is 10.1. The largest absolute Gasteiger partial charge is 0.481 e. The van der Waals surface area contributed by atoms with E-state index < -0.39 is 11.8 Å². The molecule has 4 nitrogen and oxygen atoms in total. The molecule has 0 heterocycles. The van der Waals surface area contributed by atoms with E-state index in [0.29, 0.717) is 23.0 Å². The van der Waals surface area contributed by atoms with Crippen LogP contribution in [0.4, 0.5) is 4.39 Å². The molecule has 0 unspecified atom stereocenters. The molecule has 20 heavy (non-hydrogen) atoms. The summed E-state index contributed by atoms with van der Waals surface area (Å²) in [5.74, 6) is -1.42. The first-order chi connectivity index (χ1) is 9.50. The Morgan fingerprint density at radius 3 is 2.55 bits per heavy atom. The molecule has 0 aliphatic heterocycles. The Balaban J connectivity index is 2.22. The normalized spacial score (nSPS) is 10.3. The molecule has 0 spiro atoms. The maximum absolute atomic E-state index is 12.9. The molecule has 0 radical (unpaired) electrons. The Morgan fingerprint density at radius 2 is 1.90 bits per heavy atom. The smallest absolute Gasteiger partial charge is 0.303 e. The van der Waals surface area contributed by atoms with Crippen LogP contribution >= 0.6 is 15.9 Å². The molecule has 0 atom stereocenters. The molecular formula is C14H17BrFNO3. The van der Waals surface area contributed by atoms with Gasteiger partial charge in [-0.05, 0) is 47.0 Å². The van der Waals surface area contributed by atoms with Crippen molar-refractivity contribution in [3.8, 4) is 0 Å². The third kappa shape index (κ3) is 6.14. The quantitative estimate of drug-likeness (QED) is 0.710. The van der Waals surface area contributed by atoms with Gasteiger partial charge in [0, 0.05) is 17.4 Å². The monoisotopic (exact) mass is 345 g/mol. The highest BCUT2D eigenvalue weighted by atomic mass is 79.9. The molecule has 0 saturated heterocycles. The van der Waals surface area contributed by atoms with Gasteiger partial charge in [0.2, 0.25) is 0 Å². The van der Waals surface area contributed by atoms with E-state index >= 15 is 0 Å². The van der Waals surface area contributed by atoms with Gasteiger partial charge in [0.1, 0.15) is 5.82 Å². The second-order valence-corrected chi connectivity index (χ2v) is 5.29. The summed E-state index contributed by atoms with van der Waals surface area (Å²) in [5, 5.41) is 11.2. The molecule has 0 fully saturated rings. The van der Waals surface area contributed by atoms with Crippen molar-refractivity contribution < 1.29 is 19.1 Å². The second-order valence-electron chi connectivity index (χ2n) is 4.44. The van der Waals surface area contributed by atoms with Crippen LogP contribution in [0, 0.1) is 5.82 Å². The first kappa shape index (κ1) is 16.6. The third-order valence-corrected chi connectivity index (χ3v) is 3.43. The van der Waals surface area contributed by atoms with Crippen LogP contribution in [0.2, 0.25) is 0 Å². The molecule has 0 bridgehead atoms. The van der Waals surface area contributed by atoms with E-state index in [4.69, 9.17) is 5.11 Å². The molecule has 2 N–H and O–H groups in total. The van der Waals surface area contributed by atoms with Crippen LogP contribution in [0.1, 0.15) is 42.5 Å². The fraction of sp³-hybridized carbons (Fsp3) is 0.429. The maximum atomic E-state index is 12.9. The number of carbonyl (C=O) groups is 2. The zero-order valence-electron chi connectivity index (χ0n) is 11.0. The zero-order valence-corrected chi connectivity index (χ0v) is 12.6. The standard InChI is InChI=1S/C14H17BrFNO3/c15-12-9-10(16)6-7-11(12)14(20)17-8-4-2-1-3-5-13(18)19/h6-7,9H,1-5,8H2,(H,17,20)(H,18,19). The molecule has 0 aromatic heterocycles. The van der Waals surface area contributed by atoms with Crippen LogP contribution in [0.5, 0.6) is 0 Å². The van der Waals surface area contributed by atoms with E-state index in [1.807, 2.05) is 0 Å². The Labute approximate surface area is 125 Å². The topological polar surface area (TPSA) is 66.4 Å². The Kier molecular flexibility index (Phi) is 7.22. The molecule has 1 aromatic rings. The molecular weight excluding hydrogens is 329 g/mol. The van der Waals surface area contributed by atoms with Gasteiger partial charge < -0.3 is 10.4 Å². The summed E-state index contributed by atoms with van der Waals surface area (Å²) in [6.07, 6.45) is 3.35. The van der Waals surface area contributed by atoms with Gasteiger partial charge in [0.25, 0.3) is 5.91 Å². The van der Waals surface area contributed by atoms with Gasteiger partial charge >= 0.3 is 5.97 Å². The van der Waals surface area contributed by atoms with E-state index in [9.17, 15) is 14.0 Å². The van der Waals surface area contributed by atoms with Crippen molar-refractivity contribution >= 4 is 27.8 Å². The predicted molar refractivity (Wildman–Crippen MR) is 77.2 cm³/mol. The summed E-state index contributed by atoms with van der Waals surface area (Å²) >= 11 is 3.15. The van der Waals surface area contributed by atoms with Crippen LogP contribution in [0.25, 0.3) is 0 Å². The van der Waals surface area contributed by atoms with Gasteiger partial charge in [-0.15, -0.1) is 0 Å². The van der Waals surface area contributed by atoms with Gasteiger partial charge in [-0.25, -0.2) is 4.39 Å². The summed E-state index contributed by atoms with van der Waals surface area (Å²) in [6, 6.07) is 3.92. The van der Waals surface area contributed by atoms with Gasteiger partial charge in [-0.3, -0.25) is 9.59 Å². The van der Waals surface area contributed by atoms with Crippen molar-refractivity contribution in [1.29, 1.82) is 0 Å². The summed E-state index contributed by atoms with van der Waals surface area (Å²) < 4.78 is 13.3. The number of carboxylic acids is 1. The summed E-state index contributed by atoms with van der Waals surface area (Å²) in [7, 11) is 0. The first-order valence-electron chi connectivity index (χ1n) is 6.45. The SMILES string of the molecule is O=C(O)CCCCCCNC(=O)c1ccc(F)cc1Br. The predicted octanol–water partition coefficient (Wildman–Crippen LogP) is 3.35. The fourth-order valence-electron chi connectivity index (χ4n) is 1.73. The maximum Gasteiger partial charge on any atom is 0.303 e. The van der Waals surface area contributed by atoms with Crippen molar-refractivity contribution in [2.24, 2.45) is 0 Å². The van der Waals surface area contributed by atoms with Crippen molar-refractivity contribution in [3.63, 3.8) is 0 Å². The molecule has 0 saturated carbocycles. The van der Waals surface area contributed by atoms with Crippen molar-refractivity contribution in [2.45, 2.75) is 32.1 Å². The van der Waals surface area contributed by atoms with Crippen LogP contribution in [0.15, 0.2) is 22.7 Å². The van der Waals surface area contributed by atoms with Gasteiger partial charge in [0.05, 0.1) is 5.56 Å². The second kappa shape index (κ2) is 8.68. The van der Waals surface area contributed by atoms with Crippen LogP contribution in [-0.4, -0.2) is 23.5 Å². The molecule has 1 aromatic carbocycles.